The van der Waals surface area contributed by atoms with Crippen LogP contribution in [0.25, 0.3) is 0 Å². The summed E-state index contributed by atoms with van der Waals surface area (Å²) in [6.45, 7) is 15.7. The van der Waals surface area contributed by atoms with E-state index in [9.17, 15) is 0 Å². The van der Waals surface area contributed by atoms with E-state index >= 15 is 0 Å². The minimum atomic E-state index is 0. The van der Waals surface area contributed by atoms with Crippen LogP contribution in [-0.2, 0) is 31.7 Å². The molecular formula is C15H25Cl2OTi. The van der Waals surface area contributed by atoms with Crippen molar-refractivity contribution in [1.29, 1.82) is 0 Å². The van der Waals surface area contributed by atoms with Crippen LogP contribution < -0.4 is 3.32 Å². The Morgan fingerprint density at radius 3 is 1.58 bits per heavy atom. The molecule has 1 rings (SSSR count). The van der Waals surface area contributed by atoms with Crippen LogP contribution in [0.3, 0.4) is 0 Å². The van der Waals surface area contributed by atoms with E-state index in [4.69, 9.17) is 3.32 Å². The Kier molecular flexibility index (Phi) is 8.37. The minimum Gasteiger partial charge on any atom is -0.147 e. The first kappa shape index (κ1) is 21.6. The zero-order valence-electron chi connectivity index (χ0n) is 12.9. The van der Waals surface area contributed by atoms with Gasteiger partial charge in [-0.2, -0.15) is 0 Å². The van der Waals surface area contributed by atoms with E-state index in [1.807, 2.05) is 0 Å². The van der Waals surface area contributed by atoms with E-state index in [2.05, 4.69) is 60.6 Å². The van der Waals surface area contributed by atoms with Gasteiger partial charge in [-0.15, -0.1) is 24.8 Å². The number of aryl methyl sites for hydroxylation is 1. The second-order valence-corrected chi connectivity index (χ2v) is 7.05. The monoisotopic (exact) mass is 339 g/mol. The Morgan fingerprint density at radius 1 is 0.842 bits per heavy atom. The van der Waals surface area contributed by atoms with Crippen molar-refractivity contribution < 1.29 is 24.1 Å². The van der Waals surface area contributed by atoms with Crippen molar-refractivity contribution >= 4 is 24.8 Å². The Morgan fingerprint density at radius 2 is 1.26 bits per heavy atom. The number of halogens is 2. The molecular weight excluding hydrogens is 315 g/mol. The second kappa shape index (κ2) is 7.36. The molecule has 0 saturated carbocycles. The van der Waals surface area contributed by atoms with Gasteiger partial charge in [-0.3, -0.25) is 0 Å². The van der Waals surface area contributed by atoms with Gasteiger partial charge >= 0.3 is 118 Å². The summed E-state index contributed by atoms with van der Waals surface area (Å²) in [5.74, 6) is 1.01. The molecule has 0 aliphatic carbocycles. The molecule has 0 heterocycles. The Labute approximate surface area is 142 Å². The molecule has 1 aromatic rings. The van der Waals surface area contributed by atoms with E-state index in [1.54, 1.807) is 20.8 Å². The molecule has 0 unspecified atom stereocenters. The van der Waals surface area contributed by atoms with Crippen molar-refractivity contribution in [3.8, 4) is 5.75 Å². The molecule has 0 aromatic heterocycles. The van der Waals surface area contributed by atoms with Gasteiger partial charge in [0.15, 0.2) is 0 Å². The zero-order chi connectivity index (χ0) is 13.4. The van der Waals surface area contributed by atoms with Crippen LogP contribution in [0.15, 0.2) is 12.1 Å². The first-order valence-electron chi connectivity index (χ1n) is 6.07. The smallest absolute Gasteiger partial charge is 0.147 e. The van der Waals surface area contributed by atoms with Crippen LogP contribution in [-0.4, -0.2) is 0 Å². The Balaban J connectivity index is 0. The largest absolute Gasteiger partial charge is 0.147 e. The van der Waals surface area contributed by atoms with E-state index in [0.29, 0.717) is 0 Å². The molecule has 0 radical (unpaired) electrons. The quantitative estimate of drug-likeness (QED) is 0.633. The molecule has 0 amide bonds. The number of hydrogen-bond donors (Lipinski definition) is 0. The van der Waals surface area contributed by atoms with E-state index < -0.39 is 0 Å². The molecule has 1 nitrogen and oxygen atoms in total. The number of rotatable bonds is 1. The van der Waals surface area contributed by atoms with Gasteiger partial charge in [0.1, 0.15) is 0 Å². The summed E-state index contributed by atoms with van der Waals surface area (Å²) in [7, 11) is 0. The average molecular weight is 340 g/mol. The van der Waals surface area contributed by atoms with Gasteiger partial charge in [-0.05, 0) is 0 Å². The van der Waals surface area contributed by atoms with Crippen molar-refractivity contribution in [1.82, 2.24) is 0 Å². The summed E-state index contributed by atoms with van der Waals surface area (Å²) < 4.78 is 5.56. The third-order valence-electron chi connectivity index (χ3n) is 2.99. The molecule has 0 fully saturated rings. The molecule has 19 heavy (non-hydrogen) atoms. The molecule has 0 aliphatic heterocycles. The summed E-state index contributed by atoms with van der Waals surface area (Å²) in [5, 5.41) is 0. The van der Waals surface area contributed by atoms with Gasteiger partial charge in [0.05, 0.1) is 0 Å². The van der Waals surface area contributed by atoms with Crippen LogP contribution in [0.4, 0.5) is 0 Å². The van der Waals surface area contributed by atoms with Gasteiger partial charge in [0.2, 0.25) is 0 Å². The van der Waals surface area contributed by atoms with Gasteiger partial charge in [-0.1, -0.05) is 0 Å². The molecule has 0 spiro atoms. The van der Waals surface area contributed by atoms with Crippen molar-refractivity contribution in [2.45, 2.75) is 59.3 Å². The van der Waals surface area contributed by atoms with Gasteiger partial charge in [0.25, 0.3) is 0 Å². The Hall–Kier alpha value is 0.314. The molecule has 0 atom stereocenters. The van der Waals surface area contributed by atoms with E-state index in [0.717, 1.165) is 5.75 Å². The van der Waals surface area contributed by atoms with Crippen molar-refractivity contribution in [3.05, 3.63) is 28.8 Å². The summed E-state index contributed by atoms with van der Waals surface area (Å²) in [6, 6.07) is 4.25. The van der Waals surface area contributed by atoms with E-state index in [-0.39, 0.29) is 35.6 Å². The average Bonchev–Trinajstić information content (AvgIpc) is 2.13. The third kappa shape index (κ3) is 4.97. The fraction of sp³-hybridized carbons (Fsp3) is 0.600. The summed E-state index contributed by atoms with van der Waals surface area (Å²) >= 11 is 1.76. The number of benzene rings is 1. The third-order valence-corrected chi connectivity index (χ3v) is 3.33. The van der Waals surface area contributed by atoms with Gasteiger partial charge in [-0.25, -0.2) is 0 Å². The normalized spacial score (nSPS) is 11.3. The molecule has 0 aliphatic rings. The molecule has 0 saturated heterocycles. The SMILES string of the molecule is Cc1ccc([O][Ti])c(C(C)(C)C)c1C(C)(C)C.Cl.Cl. The Bertz CT molecular complexity index is 417. The number of hydrogen-bond acceptors (Lipinski definition) is 1. The van der Waals surface area contributed by atoms with Crippen LogP contribution in [0, 0.1) is 6.92 Å². The molecule has 4 heteroatoms. The zero-order valence-corrected chi connectivity index (χ0v) is 16.1. The van der Waals surface area contributed by atoms with Crippen molar-refractivity contribution in [2.24, 2.45) is 0 Å². The summed E-state index contributed by atoms with van der Waals surface area (Å²) in [4.78, 5) is 0. The topological polar surface area (TPSA) is 9.23 Å². The molecule has 0 bridgehead atoms. The maximum Gasteiger partial charge on any atom is -0.147 e. The van der Waals surface area contributed by atoms with Gasteiger partial charge < -0.3 is 0 Å². The summed E-state index contributed by atoms with van der Waals surface area (Å²) in [6.07, 6.45) is 0. The fourth-order valence-corrected chi connectivity index (χ4v) is 2.75. The maximum absolute atomic E-state index is 5.56. The van der Waals surface area contributed by atoms with Crippen molar-refractivity contribution in [2.75, 3.05) is 0 Å². The minimum absolute atomic E-state index is 0. The second-order valence-electron chi connectivity index (χ2n) is 6.73. The first-order valence-corrected chi connectivity index (χ1v) is 6.71. The van der Waals surface area contributed by atoms with Crippen molar-refractivity contribution in [3.63, 3.8) is 0 Å². The maximum atomic E-state index is 5.56. The predicted octanol–water partition coefficient (Wildman–Crippen LogP) is 5.27. The van der Waals surface area contributed by atoms with Gasteiger partial charge in [0, 0.05) is 0 Å². The standard InChI is InChI=1S/C15H24O.2ClH.Ti/c1-10-8-9-11(16)13(15(5,6)7)12(10)14(2,3)4;;;/h8-9,16H,1-7H3;2*1H;/q;;;+1/p-1. The van der Waals surface area contributed by atoms with E-state index in [1.165, 1.54) is 16.7 Å². The van der Waals surface area contributed by atoms with Crippen LogP contribution in [0.5, 0.6) is 5.75 Å². The molecule has 1 aromatic carbocycles. The first-order chi connectivity index (χ1) is 7.59. The van der Waals surface area contributed by atoms with Crippen LogP contribution >= 0.6 is 24.8 Å². The van der Waals surface area contributed by atoms with Crippen LogP contribution in [0.1, 0.15) is 58.2 Å². The molecule has 0 N–H and O–H groups in total. The molecule has 109 valence electrons. The summed E-state index contributed by atoms with van der Waals surface area (Å²) in [5.41, 5.74) is 4.35. The van der Waals surface area contributed by atoms with Crippen LogP contribution in [0.2, 0.25) is 0 Å². The fourth-order valence-electron chi connectivity index (χ4n) is 2.48. The predicted molar refractivity (Wildman–Crippen MR) is 83.7 cm³/mol.